The Morgan fingerprint density at radius 2 is 1.56 bits per heavy atom. The molecule has 0 aromatic heterocycles. The van der Waals surface area contributed by atoms with Crippen LogP contribution in [0.2, 0.25) is 0 Å². The summed E-state index contributed by atoms with van der Waals surface area (Å²) in [5.74, 6) is -0.813. The Bertz CT molecular complexity index is 745. The number of rotatable bonds is 4. The van der Waals surface area contributed by atoms with E-state index in [1.165, 1.54) is 23.8 Å². The summed E-state index contributed by atoms with van der Waals surface area (Å²) >= 11 is 0. The maximum Gasteiger partial charge on any atom is 0.196 e. The second kappa shape index (κ2) is 8.78. The molecule has 0 amide bonds. The van der Waals surface area contributed by atoms with E-state index in [0.29, 0.717) is 17.8 Å². The number of hydrogen-bond acceptors (Lipinski definition) is 1. The van der Waals surface area contributed by atoms with E-state index < -0.39 is 17.5 Å². The lowest BCUT2D eigenvalue weighted by atomic mass is 9.70. The maximum absolute atomic E-state index is 13.5. The molecule has 4 heteroatoms. The third-order valence-electron chi connectivity index (χ3n) is 6.45. The van der Waals surface area contributed by atoms with Gasteiger partial charge < -0.3 is 0 Å². The molecule has 144 valence electrons. The van der Waals surface area contributed by atoms with Crippen LogP contribution in [0.15, 0.2) is 42.3 Å². The average Bonchev–Trinajstić information content (AvgIpc) is 2.70. The lowest BCUT2D eigenvalue weighted by Gasteiger charge is -2.35. The van der Waals surface area contributed by atoms with Crippen molar-refractivity contribution in [3.8, 4) is 6.07 Å². The minimum Gasteiger partial charge on any atom is -0.204 e. The van der Waals surface area contributed by atoms with Gasteiger partial charge in [-0.05, 0) is 98.8 Å². The predicted molar refractivity (Wildman–Crippen MR) is 100 cm³/mol. The number of nitriles is 1. The molecule has 1 nitrogen and oxygen atoms in total. The quantitative estimate of drug-likeness (QED) is 0.413. The van der Waals surface area contributed by atoms with Gasteiger partial charge in [0.2, 0.25) is 0 Å². The topological polar surface area (TPSA) is 23.8 Å². The smallest absolute Gasteiger partial charge is 0.196 e. The van der Waals surface area contributed by atoms with Gasteiger partial charge in [-0.3, -0.25) is 0 Å². The van der Waals surface area contributed by atoms with Gasteiger partial charge in [-0.1, -0.05) is 18.2 Å². The molecule has 0 bridgehead atoms. The molecular formula is C23H26F3N. The lowest BCUT2D eigenvalue weighted by Crippen LogP contribution is -2.22. The van der Waals surface area contributed by atoms with Gasteiger partial charge in [0.25, 0.3) is 0 Å². The molecule has 0 radical (unpaired) electrons. The van der Waals surface area contributed by atoms with Crippen LogP contribution in [0, 0.1) is 40.7 Å². The SMILES string of the molecule is C=C([C@H]1CC[C@H](/C=C(\F)C#N)CC1)[C@H]1CC[C@H](c2ccc(F)c(F)c2)CC1. The van der Waals surface area contributed by atoms with Crippen LogP contribution in [0.5, 0.6) is 0 Å². The molecule has 2 aliphatic carbocycles. The first kappa shape index (κ1) is 19.7. The van der Waals surface area contributed by atoms with Crippen molar-refractivity contribution in [2.45, 2.75) is 57.3 Å². The second-order valence-corrected chi connectivity index (χ2v) is 8.04. The fourth-order valence-corrected chi connectivity index (χ4v) is 4.80. The van der Waals surface area contributed by atoms with Crippen molar-refractivity contribution in [2.24, 2.45) is 17.8 Å². The molecule has 2 saturated carbocycles. The second-order valence-electron chi connectivity index (χ2n) is 8.04. The molecule has 0 saturated heterocycles. The maximum atomic E-state index is 13.5. The van der Waals surface area contributed by atoms with Crippen LogP contribution in [0.1, 0.15) is 62.8 Å². The van der Waals surface area contributed by atoms with E-state index in [0.717, 1.165) is 56.9 Å². The van der Waals surface area contributed by atoms with E-state index in [2.05, 4.69) is 6.58 Å². The molecule has 0 unspecified atom stereocenters. The van der Waals surface area contributed by atoms with Gasteiger partial charge in [0, 0.05) is 0 Å². The minimum absolute atomic E-state index is 0.165. The molecule has 1 aromatic carbocycles. The van der Waals surface area contributed by atoms with Crippen molar-refractivity contribution >= 4 is 0 Å². The zero-order chi connectivity index (χ0) is 19.4. The monoisotopic (exact) mass is 373 g/mol. The van der Waals surface area contributed by atoms with Gasteiger partial charge in [-0.2, -0.15) is 9.65 Å². The van der Waals surface area contributed by atoms with E-state index >= 15 is 0 Å². The van der Waals surface area contributed by atoms with Crippen molar-refractivity contribution in [2.75, 3.05) is 0 Å². The molecule has 2 aliphatic rings. The predicted octanol–water partition coefficient (Wildman–Crippen LogP) is 6.98. The summed E-state index contributed by atoms with van der Waals surface area (Å²) in [5.41, 5.74) is 2.20. The summed E-state index contributed by atoms with van der Waals surface area (Å²) in [5, 5.41) is 8.56. The van der Waals surface area contributed by atoms with E-state index in [9.17, 15) is 13.2 Å². The first-order valence-electron chi connectivity index (χ1n) is 9.89. The molecule has 0 aliphatic heterocycles. The van der Waals surface area contributed by atoms with E-state index in [1.54, 1.807) is 12.1 Å². The number of halogens is 3. The molecule has 0 heterocycles. The molecule has 0 N–H and O–H groups in total. The molecule has 0 atom stereocenters. The summed E-state index contributed by atoms with van der Waals surface area (Å²) in [6.45, 7) is 4.38. The summed E-state index contributed by atoms with van der Waals surface area (Å²) < 4.78 is 39.7. The first-order valence-corrected chi connectivity index (χ1v) is 9.89. The fraction of sp³-hybridized carbons (Fsp3) is 0.522. The van der Waals surface area contributed by atoms with Crippen molar-refractivity contribution in [3.05, 3.63) is 59.5 Å². The molecule has 2 fully saturated rings. The summed E-state index contributed by atoms with van der Waals surface area (Å²) in [6.07, 6.45) is 9.29. The third-order valence-corrected chi connectivity index (χ3v) is 6.45. The number of hydrogen-bond donors (Lipinski definition) is 0. The molecule has 0 spiro atoms. The van der Waals surface area contributed by atoms with Gasteiger partial charge in [0.15, 0.2) is 17.5 Å². The Kier molecular flexibility index (Phi) is 6.42. The minimum atomic E-state index is -0.791. The fourth-order valence-electron chi connectivity index (χ4n) is 4.80. The van der Waals surface area contributed by atoms with Crippen LogP contribution in [0.3, 0.4) is 0 Å². The molecule has 27 heavy (non-hydrogen) atoms. The Hall–Kier alpha value is -2.02. The summed E-state index contributed by atoms with van der Waals surface area (Å²) in [7, 11) is 0. The van der Waals surface area contributed by atoms with Crippen molar-refractivity contribution in [1.29, 1.82) is 5.26 Å². The zero-order valence-electron chi connectivity index (χ0n) is 15.6. The Balaban J connectivity index is 1.50. The van der Waals surface area contributed by atoms with Crippen molar-refractivity contribution in [3.63, 3.8) is 0 Å². The number of nitrogens with zero attached hydrogens (tertiary/aromatic N) is 1. The Labute approximate surface area is 159 Å². The van der Waals surface area contributed by atoms with Gasteiger partial charge in [-0.25, -0.2) is 8.78 Å². The number of allylic oxidation sites excluding steroid dienone is 3. The summed E-state index contributed by atoms with van der Waals surface area (Å²) in [4.78, 5) is 0. The van der Waals surface area contributed by atoms with Crippen LogP contribution in [0.4, 0.5) is 13.2 Å². The third kappa shape index (κ3) is 4.83. The highest BCUT2D eigenvalue weighted by Gasteiger charge is 2.30. The molecule has 1 aromatic rings. The Morgan fingerprint density at radius 1 is 0.963 bits per heavy atom. The van der Waals surface area contributed by atoms with E-state index in [4.69, 9.17) is 5.26 Å². The Morgan fingerprint density at radius 3 is 2.11 bits per heavy atom. The molecule has 3 rings (SSSR count). The van der Waals surface area contributed by atoms with Gasteiger partial charge >= 0.3 is 0 Å². The van der Waals surface area contributed by atoms with Crippen LogP contribution < -0.4 is 0 Å². The van der Waals surface area contributed by atoms with Crippen LogP contribution in [-0.4, -0.2) is 0 Å². The van der Waals surface area contributed by atoms with Gasteiger partial charge in [-0.15, -0.1) is 0 Å². The highest BCUT2D eigenvalue weighted by atomic mass is 19.2. The van der Waals surface area contributed by atoms with E-state index in [1.807, 2.05) is 0 Å². The standard InChI is InChI=1S/C23H26F3N/c1-15(17-4-2-16(3-5-17)12-21(24)14-27)18-6-8-19(9-7-18)20-10-11-22(25)23(26)13-20/h10-13,16-19H,1-9H2/b21-12-/t16-,17-,18-,19-. The number of benzene rings is 1. The van der Waals surface area contributed by atoms with Gasteiger partial charge in [0.1, 0.15) is 6.07 Å². The summed E-state index contributed by atoms with van der Waals surface area (Å²) in [6, 6.07) is 5.81. The van der Waals surface area contributed by atoms with Crippen LogP contribution in [0.25, 0.3) is 0 Å². The van der Waals surface area contributed by atoms with Crippen molar-refractivity contribution in [1.82, 2.24) is 0 Å². The normalized spacial score (nSPS) is 29.2. The first-order chi connectivity index (χ1) is 13.0. The highest BCUT2D eigenvalue weighted by molar-refractivity contribution is 5.23. The average molecular weight is 373 g/mol. The van der Waals surface area contributed by atoms with E-state index in [-0.39, 0.29) is 5.92 Å². The van der Waals surface area contributed by atoms with Crippen LogP contribution in [-0.2, 0) is 0 Å². The molecular weight excluding hydrogens is 347 g/mol. The zero-order valence-corrected chi connectivity index (χ0v) is 15.6. The van der Waals surface area contributed by atoms with Crippen LogP contribution >= 0.6 is 0 Å². The lowest BCUT2D eigenvalue weighted by molar-refractivity contribution is 0.288. The van der Waals surface area contributed by atoms with Crippen molar-refractivity contribution < 1.29 is 13.2 Å². The van der Waals surface area contributed by atoms with Gasteiger partial charge in [0.05, 0.1) is 0 Å². The highest BCUT2D eigenvalue weighted by Crippen LogP contribution is 2.43. The largest absolute Gasteiger partial charge is 0.204 e.